The van der Waals surface area contributed by atoms with E-state index in [2.05, 4.69) is 46.2 Å². The van der Waals surface area contributed by atoms with E-state index in [1.54, 1.807) is 11.2 Å². The van der Waals surface area contributed by atoms with Gasteiger partial charge in [0.25, 0.3) is 5.91 Å². The van der Waals surface area contributed by atoms with Crippen LogP contribution in [-0.2, 0) is 19.1 Å². The minimum atomic E-state index is -0.877. The fourth-order valence-electron chi connectivity index (χ4n) is 8.06. The van der Waals surface area contributed by atoms with Gasteiger partial charge in [-0.25, -0.2) is 14.8 Å². The van der Waals surface area contributed by atoms with Gasteiger partial charge >= 0.3 is 6.09 Å². The Hall–Kier alpha value is -5.92. The zero-order valence-electron chi connectivity index (χ0n) is 31.6. The third-order valence-corrected chi connectivity index (χ3v) is 11.2. The summed E-state index contributed by atoms with van der Waals surface area (Å²) in [6.07, 6.45) is 7.50. The normalized spacial score (nSPS) is 23.4. The average molecular weight is 748 g/mol. The molecule has 4 aliphatic heterocycles. The van der Waals surface area contributed by atoms with Gasteiger partial charge in [0.15, 0.2) is 0 Å². The number of ether oxygens (including phenoxy) is 1. The molecule has 7 rings (SSSR count). The number of imidazole rings is 1. The minimum absolute atomic E-state index is 0.0954. The molecule has 4 saturated heterocycles. The van der Waals surface area contributed by atoms with Gasteiger partial charge in [-0.05, 0) is 73.6 Å². The van der Waals surface area contributed by atoms with E-state index < -0.39 is 18.2 Å². The first-order valence-corrected chi connectivity index (χ1v) is 19.1. The molecule has 0 bridgehead atoms. The highest BCUT2D eigenvalue weighted by Crippen LogP contribution is 2.36. The van der Waals surface area contributed by atoms with Crippen LogP contribution in [0.4, 0.5) is 4.79 Å². The molecule has 5 heterocycles. The zero-order chi connectivity index (χ0) is 38.8. The number of aromatic amines is 1. The molecule has 3 aromatic rings. The Kier molecular flexibility index (Phi) is 10.8. The van der Waals surface area contributed by atoms with E-state index in [4.69, 9.17) is 10.1 Å². The van der Waals surface area contributed by atoms with E-state index in [-0.39, 0.29) is 42.5 Å². The standard InChI is InChI=1S/C41H49N9O5/c1-5-31(44-38(42)34-8-6-22-47-36(51)20-10-25(2)26(3)49(34)47)29-15-11-27(12-16-29)28-13-17-30(18-14-28)33-24-43-39(45-33)35-9-7-23-48-37(52)21-19-32(40(53)50(35)48)46-41(54)55-4/h5,11-18,24-25,32,34-35H,3,6-10,19-23H2,1-2,4H3,(H2,42,44)(H,43,45)(H,46,54)/b31-5-/t25-,32-,34-,35-/m0/s1. The number of amides is 4. The van der Waals surface area contributed by atoms with Gasteiger partial charge in [-0.15, -0.1) is 0 Å². The lowest BCUT2D eigenvalue weighted by molar-refractivity contribution is -0.174. The molecular weight excluding hydrogens is 699 g/mol. The van der Waals surface area contributed by atoms with Gasteiger partial charge in [-0.2, -0.15) is 0 Å². The fraction of sp³-hybridized carbons (Fsp3) is 0.415. The van der Waals surface area contributed by atoms with Gasteiger partial charge in [0.1, 0.15) is 29.8 Å². The van der Waals surface area contributed by atoms with Crippen LogP contribution in [0.3, 0.4) is 0 Å². The Morgan fingerprint density at radius 3 is 2.20 bits per heavy atom. The van der Waals surface area contributed by atoms with Gasteiger partial charge in [0, 0.05) is 37.3 Å². The number of hydrazine groups is 2. The number of nitrogens with one attached hydrogen (secondary N) is 4. The first-order valence-electron chi connectivity index (χ1n) is 19.1. The number of benzene rings is 2. The number of carbonyl (C=O) groups excluding carboxylic acids is 4. The highest BCUT2D eigenvalue weighted by Gasteiger charge is 2.44. The Balaban J connectivity index is 1.03. The summed E-state index contributed by atoms with van der Waals surface area (Å²) >= 11 is 0. The van der Waals surface area contributed by atoms with Crippen LogP contribution in [0.1, 0.15) is 82.6 Å². The number of hydrogen-bond acceptors (Lipinski definition) is 8. The van der Waals surface area contributed by atoms with Crippen molar-refractivity contribution < 1.29 is 23.9 Å². The van der Waals surface area contributed by atoms with Crippen molar-refractivity contribution in [2.75, 3.05) is 20.2 Å². The number of allylic oxidation sites excluding steroid dienone is 2. The van der Waals surface area contributed by atoms with Gasteiger partial charge in [-0.1, -0.05) is 68.1 Å². The van der Waals surface area contributed by atoms with Crippen LogP contribution in [0.25, 0.3) is 28.1 Å². The molecule has 4 atom stereocenters. The number of aromatic nitrogens is 2. The summed E-state index contributed by atoms with van der Waals surface area (Å²) in [5.74, 6) is 0.650. The molecule has 14 nitrogen and oxygen atoms in total. The Labute approximate surface area is 321 Å². The van der Waals surface area contributed by atoms with E-state index in [1.807, 2.05) is 54.4 Å². The lowest BCUT2D eigenvalue weighted by Gasteiger charge is -2.46. The van der Waals surface area contributed by atoms with Crippen LogP contribution in [0.15, 0.2) is 73.1 Å². The zero-order valence-corrected chi connectivity index (χ0v) is 31.6. The molecular formula is C41H49N9O5. The third kappa shape index (κ3) is 7.45. The van der Waals surface area contributed by atoms with Gasteiger partial charge in [0.05, 0.1) is 19.0 Å². The first-order chi connectivity index (χ1) is 26.6. The van der Waals surface area contributed by atoms with Crippen molar-refractivity contribution in [3.63, 3.8) is 0 Å². The van der Waals surface area contributed by atoms with Crippen LogP contribution in [0, 0.1) is 11.3 Å². The summed E-state index contributed by atoms with van der Waals surface area (Å²) in [7, 11) is 1.24. The summed E-state index contributed by atoms with van der Waals surface area (Å²) in [6, 6.07) is 14.7. The van der Waals surface area contributed by atoms with Crippen LogP contribution < -0.4 is 10.6 Å². The van der Waals surface area contributed by atoms with Crippen LogP contribution in [0.2, 0.25) is 0 Å². The molecule has 55 heavy (non-hydrogen) atoms. The van der Waals surface area contributed by atoms with Crippen molar-refractivity contribution >= 4 is 35.3 Å². The van der Waals surface area contributed by atoms with E-state index in [0.717, 1.165) is 58.6 Å². The molecule has 0 spiro atoms. The van der Waals surface area contributed by atoms with Gasteiger partial charge in [-0.3, -0.25) is 34.8 Å². The summed E-state index contributed by atoms with van der Waals surface area (Å²) < 4.78 is 4.72. The highest BCUT2D eigenvalue weighted by atomic mass is 16.5. The number of nitrogens with zero attached hydrogens (tertiary/aromatic N) is 5. The van der Waals surface area contributed by atoms with Crippen molar-refractivity contribution in [3.8, 4) is 22.4 Å². The fourth-order valence-corrected chi connectivity index (χ4v) is 8.06. The molecule has 1 aromatic heterocycles. The number of carbonyl (C=O) groups is 4. The van der Waals surface area contributed by atoms with Gasteiger partial charge < -0.3 is 20.4 Å². The Morgan fingerprint density at radius 2 is 1.53 bits per heavy atom. The molecule has 4 fully saturated rings. The smallest absolute Gasteiger partial charge is 0.407 e. The Bertz CT molecular complexity index is 2010. The quantitative estimate of drug-likeness (QED) is 0.175. The molecule has 4 amide bonds. The number of methoxy groups -OCH3 is 1. The maximum absolute atomic E-state index is 13.7. The third-order valence-electron chi connectivity index (χ3n) is 11.2. The van der Waals surface area contributed by atoms with Crippen LogP contribution >= 0.6 is 0 Å². The largest absolute Gasteiger partial charge is 0.453 e. The highest BCUT2D eigenvalue weighted by molar-refractivity contribution is 5.93. The van der Waals surface area contributed by atoms with E-state index >= 15 is 0 Å². The second kappa shape index (κ2) is 15.8. The summed E-state index contributed by atoms with van der Waals surface area (Å²) in [5, 5.41) is 21.7. The second-order valence-corrected chi connectivity index (χ2v) is 14.6. The van der Waals surface area contributed by atoms with Gasteiger partial charge in [0.2, 0.25) is 11.8 Å². The molecule has 14 heteroatoms. The Morgan fingerprint density at radius 1 is 0.909 bits per heavy atom. The van der Waals surface area contributed by atoms with Crippen LogP contribution in [-0.4, -0.2) is 91.9 Å². The van der Waals surface area contributed by atoms with E-state index in [9.17, 15) is 19.2 Å². The molecule has 288 valence electrons. The molecule has 0 unspecified atom stereocenters. The SMILES string of the molecule is C=C1[C@@H](C)CCC(=O)N2CCC[C@@H](C(=N)N/C(=C\C)c3ccc(-c4ccc(-c5cnc([C@@H]6CCCN7C(=O)CC[C@H](NC(=O)OC)C(=O)N67)[nH]5)cc4)cc3)N12. The maximum Gasteiger partial charge on any atom is 0.407 e. The molecule has 0 aliphatic carbocycles. The molecule has 4 N–H and O–H groups in total. The topological polar surface area (TPSA) is 167 Å². The molecule has 0 saturated carbocycles. The van der Waals surface area contributed by atoms with Crippen molar-refractivity contribution in [3.05, 3.63) is 84.5 Å². The number of H-pyrrole nitrogens is 1. The lowest BCUT2D eigenvalue weighted by Crippen LogP contribution is -2.58. The van der Waals surface area contributed by atoms with Crippen molar-refractivity contribution in [1.29, 1.82) is 5.41 Å². The monoisotopic (exact) mass is 747 g/mol. The summed E-state index contributed by atoms with van der Waals surface area (Å²) in [6.45, 7) is 9.45. The number of amidine groups is 1. The molecule has 0 radical (unpaired) electrons. The maximum atomic E-state index is 13.7. The lowest BCUT2D eigenvalue weighted by atomic mass is 9.99. The van der Waals surface area contributed by atoms with E-state index in [1.165, 1.54) is 17.1 Å². The second-order valence-electron chi connectivity index (χ2n) is 14.6. The minimum Gasteiger partial charge on any atom is -0.453 e. The van der Waals surface area contributed by atoms with Crippen LogP contribution in [0.5, 0.6) is 0 Å². The average Bonchev–Trinajstić information content (AvgIpc) is 3.64. The summed E-state index contributed by atoms with van der Waals surface area (Å²) in [4.78, 5) is 59.6. The first kappa shape index (κ1) is 37.4. The number of alkyl carbamates (subject to hydrolysis) is 1. The predicted octanol–water partition coefficient (Wildman–Crippen LogP) is 5.75. The van der Waals surface area contributed by atoms with Crippen molar-refractivity contribution in [2.24, 2.45) is 5.92 Å². The summed E-state index contributed by atoms with van der Waals surface area (Å²) in [5.41, 5.74) is 6.41. The van der Waals surface area contributed by atoms with Crippen molar-refractivity contribution in [2.45, 2.75) is 83.3 Å². The number of hydrogen-bond donors (Lipinski definition) is 4. The molecule has 2 aromatic carbocycles. The van der Waals surface area contributed by atoms with E-state index in [0.29, 0.717) is 44.0 Å². The number of rotatable bonds is 7. The predicted molar refractivity (Wildman–Crippen MR) is 207 cm³/mol. The molecule has 4 aliphatic rings. The number of fused-ring (bicyclic) bond motifs is 2. The van der Waals surface area contributed by atoms with Crippen molar-refractivity contribution in [1.82, 2.24) is 40.6 Å².